The third kappa shape index (κ3) is 4.22. The van der Waals surface area contributed by atoms with Crippen molar-refractivity contribution < 1.29 is 23.7 Å². The van der Waals surface area contributed by atoms with Crippen LogP contribution in [-0.2, 0) is 23.7 Å². The molecule has 5 nitrogen and oxygen atoms in total. The standard InChI is InChI=1S/C14H18O5/c1-10(12-6-4-3-5-7-12)16-8-13-17-9-14(19-13)18-11(2)15/h4,6-7,13-14H,1,3,5,8-9H2,2H3/t13-,14?/m0/s1. The van der Waals surface area contributed by atoms with Gasteiger partial charge in [0.25, 0.3) is 0 Å². The first-order chi connectivity index (χ1) is 9.15. The molecule has 0 aromatic heterocycles. The maximum Gasteiger partial charge on any atom is 0.305 e. The molecule has 0 aromatic carbocycles. The van der Waals surface area contributed by atoms with Crippen molar-refractivity contribution in [2.45, 2.75) is 32.3 Å². The Balaban J connectivity index is 1.71. The molecule has 1 aliphatic heterocycles. The minimum Gasteiger partial charge on any atom is -0.488 e. The van der Waals surface area contributed by atoms with E-state index in [0.717, 1.165) is 18.4 Å². The lowest BCUT2D eigenvalue weighted by molar-refractivity contribution is -0.178. The van der Waals surface area contributed by atoms with E-state index in [-0.39, 0.29) is 13.2 Å². The van der Waals surface area contributed by atoms with Gasteiger partial charge in [-0.15, -0.1) is 0 Å². The maximum atomic E-state index is 10.8. The van der Waals surface area contributed by atoms with Crippen LogP contribution in [0.5, 0.6) is 0 Å². The molecule has 0 aromatic rings. The van der Waals surface area contributed by atoms with Crippen LogP contribution in [0.2, 0.25) is 0 Å². The Hall–Kier alpha value is -1.59. The first kappa shape index (κ1) is 13.8. The number of hydrogen-bond acceptors (Lipinski definition) is 5. The Morgan fingerprint density at radius 1 is 1.53 bits per heavy atom. The summed E-state index contributed by atoms with van der Waals surface area (Å²) in [5.74, 6) is 0.205. The van der Waals surface area contributed by atoms with Crippen molar-refractivity contribution in [3.05, 3.63) is 36.1 Å². The lowest BCUT2D eigenvalue weighted by Crippen LogP contribution is -2.21. The normalized spacial score (nSPS) is 25.8. The number of esters is 1. The van der Waals surface area contributed by atoms with Crippen LogP contribution in [0.3, 0.4) is 0 Å². The summed E-state index contributed by atoms with van der Waals surface area (Å²) in [6, 6.07) is 0. The topological polar surface area (TPSA) is 54.0 Å². The highest BCUT2D eigenvalue weighted by Gasteiger charge is 2.28. The molecular formula is C14H18O5. The average Bonchev–Trinajstić information content (AvgIpc) is 2.84. The molecule has 1 heterocycles. The Morgan fingerprint density at radius 2 is 2.37 bits per heavy atom. The fraction of sp³-hybridized carbons (Fsp3) is 0.500. The number of carbonyl (C=O) groups excluding carboxylic acids is 1. The predicted molar refractivity (Wildman–Crippen MR) is 67.9 cm³/mol. The minimum absolute atomic E-state index is 0.224. The van der Waals surface area contributed by atoms with E-state index in [0.29, 0.717) is 5.76 Å². The van der Waals surface area contributed by atoms with Crippen molar-refractivity contribution in [3.63, 3.8) is 0 Å². The van der Waals surface area contributed by atoms with Gasteiger partial charge in [-0.3, -0.25) is 4.79 Å². The van der Waals surface area contributed by atoms with E-state index in [1.165, 1.54) is 6.92 Å². The van der Waals surface area contributed by atoms with E-state index < -0.39 is 18.5 Å². The molecule has 2 aliphatic rings. The molecule has 1 saturated heterocycles. The lowest BCUT2D eigenvalue weighted by atomic mass is 10.1. The van der Waals surface area contributed by atoms with Crippen molar-refractivity contribution in [1.29, 1.82) is 0 Å². The van der Waals surface area contributed by atoms with Crippen LogP contribution >= 0.6 is 0 Å². The highest BCUT2D eigenvalue weighted by atomic mass is 16.8. The highest BCUT2D eigenvalue weighted by molar-refractivity contribution is 5.66. The van der Waals surface area contributed by atoms with Gasteiger partial charge in [0.2, 0.25) is 6.29 Å². The average molecular weight is 266 g/mol. The van der Waals surface area contributed by atoms with Crippen LogP contribution in [0.25, 0.3) is 0 Å². The smallest absolute Gasteiger partial charge is 0.305 e. The summed E-state index contributed by atoms with van der Waals surface area (Å²) in [6.07, 6.45) is 7.03. The number of carbonyl (C=O) groups is 1. The zero-order chi connectivity index (χ0) is 13.7. The molecule has 1 aliphatic carbocycles. The van der Waals surface area contributed by atoms with E-state index in [4.69, 9.17) is 18.9 Å². The molecule has 0 bridgehead atoms. The summed E-state index contributed by atoms with van der Waals surface area (Å²) < 4.78 is 21.0. The van der Waals surface area contributed by atoms with Crippen LogP contribution in [0, 0.1) is 0 Å². The van der Waals surface area contributed by atoms with Crippen molar-refractivity contribution in [1.82, 2.24) is 0 Å². The fourth-order valence-electron chi connectivity index (χ4n) is 1.84. The van der Waals surface area contributed by atoms with E-state index in [9.17, 15) is 4.79 Å². The quantitative estimate of drug-likeness (QED) is 0.563. The van der Waals surface area contributed by atoms with Gasteiger partial charge in [-0.1, -0.05) is 24.8 Å². The minimum atomic E-state index is -0.645. The maximum absolute atomic E-state index is 10.8. The van der Waals surface area contributed by atoms with Gasteiger partial charge in [-0.2, -0.15) is 0 Å². The number of rotatable bonds is 5. The first-order valence-corrected chi connectivity index (χ1v) is 6.28. The number of allylic oxidation sites excluding steroid dienone is 3. The SMILES string of the molecule is C=C(OC[C@H]1OCC(OC(C)=O)O1)C1=CCCC=C1. The molecule has 1 fully saturated rings. The number of ether oxygens (including phenoxy) is 4. The van der Waals surface area contributed by atoms with Gasteiger partial charge in [-0.05, 0) is 12.8 Å². The van der Waals surface area contributed by atoms with Gasteiger partial charge in [0.05, 0.1) is 0 Å². The Bertz CT molecular complexity index is 410. The molecule has 5 heteroatoms. The summed E-state index contributed by atoms with van der Waals surface area (Å²) >= 11 is 0. The van der Waals surface area contributed by atoms with Gasteiger partial charge in [0, 0.05) is 12.5 Å². The van der Waals surface area contributed by atoms with Crippen LogP contribution in [0.4, 0.5) is 0 Å². The van der Waals surface area contributed by atoms with Crippen molar-refractivity contribution in [3.8, 4) is 0 Å². The zero-order valence-corrected chi connectivity index (χ0v) is 11.0. The molecule has 0 saturated carbocycles. The predicted octanol–water partition coefficient (Wildman–Crippen LogP) is 2.06. The Morgan fingerprint density at radius 3 is 3.05 bits per heavy atom. The first-order valence-electron chi connectivity index (χ1n) is 6.28. The molecular weight excluding hydrogens is 248 g/mol. The second-order valence-corrected chi connectivity index (χ2v) is 4.31. The van der Waals surface area contributed by atoms with E-state index in [1.807, 2.05) is 6.08 Å². The van der Waals surface area contributed by atoms with E-state index in [1.54, 1.807) is 0 Å². The van der Waals surface area contributed by atoms with Crippen LogP contribution in [0.1, 0.15) is 19.8 Å². The van der Waals surface area contributed by atoms with E-state index in [2.05, 4.69) is 18.7 Å². The van der Waals surface area contributed by atoms with Crippen LogP contribution < -0.4 is 0 Å². The summed E-state index contributed by atoms with van der Waals surface area (Å²) in [6.45, 7) is 5.65. The monoisotopic (exact) mass is 266 g/mol. The Labute approximate surface area is 112 Å². The van der Waals surface area contributed by atoms with Crippen molar-refractivity contribution >= 4 is 5.97 Å². The van der Waals surface area contributed by atoms with Gasteiger partial charge in [0.15, 0.2) is 6.29 Å². The fourth-order valence-corrected chi connectivity index (χ4v) is 1.84. The van der Waals surface area contributed by atoms with Crippen LogP contribution in [-0.4, -0.2) is 31.8 Å². The number of hydrogen-bond donors (Lipinski definition) is 0. The second-order valence-electron chi connectivity index (χ2n) is 4.31. The third-order valence-electron chi connectivity index (χ3n) is 2.73. The molecule has 0 amide bonds. The van der Waals surface area contributed by atoms with Gasteiger partial charge < -0.3 is 18.9 Å². The molecule has 1 unspecified atom stereocenters. The highest BCUT2D eigenvalue weighted by Crippen LogP contribution is 2.19. The molecule has 2 atom stereocenters. The summed E-state index contributed by atoms with van der Waals surface area (Å²) in [4.78, 5) is 10.8. The summed E-state index contributed by atoms with van der Waals surface area (Å²) in [5.41, 5.74) is 0.987. The molecule has 104 valence electrons. The largest absolute Gasteiger partial charge is 0.488 e. The second kappa shape index (κ2) is 6.54. The molecule has 0 radical (unpaired) electrons. The summed E-state index contributed by atoms with van der Waals surface area (Å²) in [7, 11) is 0. The van der Waals surface area contributed by atoms with Gasteiger partial charge >= 0.3 is 5.97 Å². The molecule has 2 rings (SSSR count). The molecule has 19 heavy (non-hydrogen) atoms. The van der Waals surface area contributed by atoms with E-state index >= 15 is 0 Å². The molecule has 0 spiro atoms. The summed E-state index contributed by atoms with van der Waals surface area (Å²) in [5, 5.41) is 0. The van der Waals surface area contributed by atoms with Crippen molar-refractivity contribution in [2.75, 3.05) is 13.2 Å². The van der Waals surface area contributed by atoms with Crippen LogP contribution in [0.15, 0.2) is 36.1 Å². The van der Waals surface area contributed by atoms with Gasteiger partial charge in [0.1, 0.15) is 19.0 Å². The zero-order valence-electron chi connectivity index (χ0n) is 11.0. The molecule has 0 N–H and O–H groups in total. The van der Waals surface area contributed by atoms with Crippen molar-refractivity contribution in [2.24, 2.45) is 0 Å². The third-order valence-corrected chi connectivity index (χ3v) is 2.73. The Kier molecular flexibility index (Phi) is 4.76. The lowest BCUT2D eigenvalue weighted by Gasteiger charge is -2.15. The van der Waals surface area contributed by atoms with Gasteiger partial charge in [-0.25, -0.2) is 0 Å².